The van der Waals surface area contributed by atoms with Crippen molar-refractivity contribution in [2.75, 3.05) is 0 Å². The average Bonchev–Trinajstić information content (AvgIpc) is 2.46. The van der Waals surface area contributed by atoms with Crippen molar-refractivity contribution in [1.82, 2.24) is 0 Å². The second kappa shape index (κ2) is 2.06. The van der Waals surface area contributed by atoms with E-state index in [0.717, 1.165) is 18.3 Å². The summed E-state index contributed by atoms with van der Waals surface area (Å²) in [7, 11) is 0. The minimum absolute atomic E-state index is 0.824. The molecule has 2 rings (SSSR count). The molecule has 0 amide bonds. The van der Waals surface area contributed by atoms with E-state index in [-0.39, 0.29) is 0 Å². The lowest BCUT2D eigenvalue weighted by molar-refractivity contribution is 0.616. The lowest BCUT2D eigenvalue weighted by Gasteiger charge is -1.97. The van der Waals surface area contributed by atoms with Crippen molar-refractivity contribution in [3.05, 3.63) is 0 Å². The Hall–Kier alpha value is -0.440. The lowest BCUT2D eigenvalue weighted by Crippen LogP contribution is -1.84. The molecule has 0 aliphatic heterocycles. The molecule has 0 bridgehead atoms. The van der Waals surface area contributed by atoms with Crippen molar-refractivity contribution in [3.63, 3.8) is 0 Å². The van der Waals surface area contributed by atoms with Crippen LogP contribution < -0.4 is 0 Å². The van der Waals surface area contributed by atoms with Crippen LogP contribution in [0, 0.1) is 23.7 Å². The van der Waals surface area contributed by atoms with Crippen LogP contribution >= 0.6 is 0 Å². The van der Waals surface area contributed by atoms with Gasteiger partial charge in [0.05, 0.1) is 0 Å². The molecule has 0 spiro atoms. The van der Waals surface area contributed by atoms with Crippen LogP contribution in [0.1, 0.15) is 32.1 Å². The fourth-order valence-corrected chi connectivity index (χ4v) is 1.57. The molecule has 2 atom stereocenters. The predicted octanol–water partition coefficient (Wildman–Crippen LogP) is 2.20. The third-order valence-corrected chi connectivity index (χ3v) is 2.34. The van der Waals surface area contributed by atoms with Gasteiger partial charge in [0.25, 0.3) is 0 Å². The summed E-state index contributed by atoms with van der Waals surface area (Å²) in [5, 5.41) is 0. The average molecular weight is 120 g/mol. The Balaban J connectivity index is 2.00. The topological polar surface area (TPSA) is 0 Å². The van der Waals surface area contributed by atoms with E-state index in [0.29, 0.717) is 0 Å². The van der Waals surface area contributed by atoms with E-state index in [1.54, 1.807) is 0 Å². The largest absolute Gasteiger partial charge is 0.103 e. The van der Waals surface area contributed by atoms with Gasteiger partial charge in [0.15, 0.2) is 0 Å². The van der Waals surface area contributed by atoms with Gasteiger partial charge in [0, 0.05) is 12.3 Å². The van der Waals surface area contributed by atoms with E-state index in [1.165, 1.54) is 25.7 Å². The van der Waals surface area contributed by atoms with Gasteiger partial charge in [-0.15, -0.1) is 5.92 Å². The van der Waals surface area contributed by atoms with Gasteiger partial charge in [-0.05, 0) is 25.2 Å². The van der Waals surface area contributed by atoms with Crippen LogP contribution in [-0.2, 0) is 0 Å². The van der Waals surface area contributed by atoms with Gasteiger partial charge >= 0.3 is 0 Å². The second-order valence-corrected chi connectivity index (χ2v) is 3.17. The summed E-state index contributed by atoms with van der Waals surface area (Å²) in [5.41, 5.74) is 0. The molecule has 48 valence electrons. The first-order chi connectivity index (χ1) is 4.47. The maximum Gasteiger partial charge on any atom is 0.0234 e. The summed E-state index contributed by atoms with van der Waals surface area (Å²) in [6, 6.07) is 0. The molecule has 0 aromatic carbocycles. The van der Waals surface area contributed by atoms with Crippen molar-refractivity contribution >= 4 is 0 Å². The van der Waals surface area contributed by atoms with Crippen molar-refractivity contribution in [1.29, 1.82) is 0 Å². The van der Waals surface area contributed by atoms with E-state index in [2.05, 4.69) is 11.8 Å². The smallest absolute Gasteiger partial charge is 0.0234 e. The van der Waals surface area contributed by atoms with Gasteiger partial charge in [0.1, 0.15) is 0 Å². The highest BCUT2D eigenvalue weighted by Crippen LogP contribution is 2.42. The first kappa shape index (κ1) is 5.35. The van der Waals surface area contributed by atoms with Crippen LogP contribution in [0.5, 0.6) is 0 Å². The monoisotopic (exact) mass is 120 g/mol. The molecule has 0 radical (unpaired) electrons. The minimum Gasteiger partial charge on any atom is -0.103 e. The SMILES string of the molecule is C1#C[C@H]2C[C@H]2CCCC1. The maximum atomic E-state index is 3.31. The molecule has 9 heavy (non-hydrogen) atoms. The van der Waals surface area contributed by atoms with Crippen LogP contribution in [0.25, 0.3) is 0 Å². The van der Waals surface area contributed by atoms with Gasteiger partial charge in [-0.2, -0.15) is 0 Å². The zero-order chi connectivity index (χ0) is 6.10. The van der Waals surface area contributed by atoms with Crippen LogP contribution in [0.2, 0.25) is 0 Å². The number of rotatable bonds is 0. The minimum atomic E-state index is 0.824. The first-order valence-corrected chi connectivity index (χ1v) is 3.95. The Bertz CT molecular complexity index is 159. The molecule has 0 N–H and O–H groups in total. The zero-order valence-electron chi connectivity index (χ0n) is 5.69. The number of fused-ring (bicyclic) bond motifs is 1. The van der Waals surface area contributed by atoms with Crippen molar-refractivity contribution in [3.8, 4) is 11.8 Å². The van der Waals surface area contributed by atoms with Crippen LogP contribution in [-0.4, -0.2) is 0 Å². The highest BCUT2D eigenvalue weighted by Gasteiger charge is 2.34. The number of hydrogen-bond acceptors (Lipinski definition) is 0. The fourth-order valence-electron chi connectivity index (χ4n) is 1.57. The normalized spacial score (nSPS) is 39.1. The van der Waals surface area contributed by atoms with Gasteiger partial charge in [-0.25, -0.2) is 0 Å². The molecule has 0 saturated heterocycles. The van der Waals surface area contributed by atoms with Crippen LogP contribution in [0.15, 0.2) is 0 Å². The molecule has 0 nitrogen and oxygen atoms in total. The molecule has 1 saturated carbocycles. The van der Waals surface area contributed by atoms with Crippen molar-refractivity contribution in [2.24, 2.45) is 11.8 Å². The van der Waals surface area contributed by atoms with Gasteiger partial charge in [-0.3, -0.25) is 0 Å². The molecule has 2 aliphatic carbocycles. The molecular formula is C9H12. The first-order valence-electron chi connectivity index (χ1n) is 3.95. The van der Waals surface area contributed by atoms with Gasteiger partial charge in [-0.1, -0.05) is 12.3 Å². The highest BCUT2D eigenvalue weighted by molar-refractivity contribution is 5.13. The van der Waals surface area contributed by atoms with E-state index in [4.69, 9.17) is 0 Å². The highest BCUT2D eigenvalue weighted by atomic mass is 14.4. The van der Waals surface area contributed by atoms with Gasteiger partial charge in [0.2, 0.25) is 0 Å². The Labute approximate surface area is 56.6 Å². The summed E-state index contributed by atoms with van der Waals surface area (Å²) in [6.07, 6.45) is 6.79. The summed E-state index contributed by atoms with van der Waals surface area (Å²) in [5.74, 6) is 8.37. The molecule has 0 aromatic rings. The fraction of sp³-hybridized carbons (Fsp3) is 0.778. The summed E-state index contributed by atoms with van der Waals surface area (Å²) in [4.78, 5) is 0. The molecule has 0 heterocycles. The Morgan fingerprint density at radius 2 is 2.22 bits per heavy atom. The molecule has 0 heteroatoms. The molecule has 2 aliphatic rings. The van der Waals surface area contributed by atoms with E-state index < -0.39 is 0 Å². The predicted molar refractivity (Wildman–Crippen MR) is 37.8 cm³/mol. The third-order valence-electron chi connectivity index (χ3n) is 2.34. The van der Waals surface area contributed by atoms with E-state index in [1.807, 2.05) is 0 Å². The Morgan fingerprint density at radius 1 is 1.22 bits per heavy atom. The summed E-state index contributed by atoms with van der Waals surface area (Å²) >= 11 is 0. The van der Waals surface area contributed by atoms with E-state index in [9.17, 15) is 0 Å². The van der Waals surface area contributed by atoms with Gasteiger partial charge < -0.3 is 0 Å². The second-order valence-electron chi connectivity index (χ2n) is 3.17. The van der Waals surface area contributed by atoms with Crippen LogP contribution in [0.3, 0.4) is 0 Å². The molecule has 1 fully saturated rings. The number of hydrogen-bond donors (Lipinski definition) is 0. The van der Waals surface area contributed by atoms with Crippen molar-refractivity contribution < 1.29 is 0 Å². The summed E-state index contributed by atoms with van der Waals surface area (Å²) in [6.45, 7) is 0. The van der Waals surface area contributed by atoms with E-state index >= 15 is 0 Å². The lowest BCUT2D eigenvalue weighted by atomic mass is 10.1. The third kappa shape index (κ3) is 1.10. The molecular weight excluding hydrogens is 108 g/mol. The zero-order valence-corrected chi connectivity index (χ0v) is 5.69. The standard InChI is InChI=1S/C9H12/c1-2-4-6-9-7-8(9)5-3-1/h8-9H,1-3,5,7H2/t8-,9+/m1/s1. The Kier molecular flexibility index (Phi) is 1.23. The quantitative estimate of drug-likeness (QED) is 0.430. The molecule has 0 aromatic heterocycles. The molecule has 0 unspecified atom stereocenters. The Morgan fingerprint density at radius 3 is 3.22 bits per heavy atom. The maximum absolute atomic E-state index is 3.31. The summed E-state index contributed by atoms with van der Waals surface area (Å²) < 4.78 is 0. The van der Waals surface area contributed by atoms with Crippen molar-refractivity contribution in [2.45, 2.75) is 32.1 Å². The van der Waals surface area contributed by atoms with Crippen LogP contribution in [0.4, 0.5) is 0 Å².